The van der Waals surface area contributed by atoms with Crippen LogP contribution in [0.2, 0.25) is 0 Å². The first-order valence-corrected chi connectivity index (χ1v) is 18.7. The molecule has 0 fully saturated rings. The molecule has 0 saturated carbocycles. The molecule has 1 heterocycles. The van der Waals surface area contributed by atoms with Crippen molar-refractivity contribution in [2.24, 2.45) is 0 Å². The number of benzene rings is 10. The predicted octanol–water partition coefficient (Wildman–Crippen LogP) is 15.0. The molecule has 1 aromatic heterocycles. The van der Waals surface area contributed by atoms with Gasteiger partial charge < -0.3 is 4.90 Å². The molecule has 1 nitrogen and oxygen atoms in total. The highest BCUT2D eigenvalue weighted by atomic mass is 32.1. The molecular formula is C50H31NS. The molecule has 0 atom stereocenters. The van der Waals surface area contributed by atoms with E-state index >= 15 is 0 Å². The summed E-state index contributed by atoms with van der Waals surface area (Å²) < 4.78 is 2.61. The molecule has 11 rings (SSSR count). The molecule has 242 valence electrons. The summed E-state index contributed by atoms with van der Waals surface area (Å²) in [6.07, 6.45) is 0. The Bertz CT molecular complexity index is 3190. The minimum Gasteiger partial charge on any atom is -0.309 e. The van der Waals surface area contributed by atoms with Gasteiger partial charge >= 0.3 is 0 Å². The zero-order chi connectivity index (χ0) is 34.2. The Balaban J connectivity index is 1.29. The summed E-state index contributed by atoms with van der Waals surface area (Å²) in [7, 11) is 0. The van der Waals surface area contributed by atoms with E-state index in [9.17, 15) is 0 Å². The Morgan fingerprint density at radius 3 is 1.81 bits per heavy atom. The van der Waals surface area contributed by atoms with Crippen LogP contribution < -0.4 is 4.90 Å². The van der Waals surface area contributed by atoms with Crippen molar-refractivity contribution < 1.29 is 0 Å². The summed E-state index contributed by atoms with van der Waals surface area (Å²) in [5.74, 6) is 0. The maximum Gasteiger partial charge on any atom is 0.0546 e. The fourth-order valence-electron chi connectivity index (χ4n) is 8.46. The van der Waals surface area contributed by atoms with Crippen LogP contribution in [0.25, 0.3) is 85.2 Å². The summed E-state index contributed by atoms with van der Waals surface area (Å²) in [5.41, 5.74) is 5.92. The zero-order valence-corrected chi connectivity index (χ0v) is 29.1. The maximum atomic E-state index is 2.52. The normalized spacial score (nSPS) is 11.8. The molecule has 0 spiro atoms. The fourth-order valence-corrected chi connectivity index (χ4v) is 9.55. The van der Waals surface area contributed by atoms with Crippen molar-refractivity contribution in [2.75, 3.05) is 4.90 Å². The lowest BCUT2D eigenvalue weighted by Gasteiger charge is -2.30. The van der Waals surface area contributed by atoms with Gasteiger partial charge in [-0.05, 0) is 85.2 Å². The molecule has 0 aliphatic carbocycles. The van der Waals surface area contributed by atoms with E-state index in [1.807, 2.05) is 11.3 Å². The summed E-state index contributed by atoms with van der Waals surface area (Å²) in [5, 5.41) is 15.1. The number of hydrogen-bond acceptors (Lipinski definition) is 2. The lowest BCUT2D eigenvalue weighted by atomic mass is 9.91. The van der Waals surface area contributed by atoms with E-state index < -0.39 is 0 Å². The lowest BCUT2D eigenvalue weighted by molar-refractivity contribution is 1.33. The maximum absolute atomic E-state index is 2.52. The third kappa shape index (κ3) is 4.41. The molecule has 0 bridgehead atoms. The van der Waals surface area contributed by atoms with Crippen LogP contribution in [0, 0.1) is 0 Å². The van der Waals surface area contributed by atoms with Gasteiger partial charge in [-0.25, -0.2) is 0 Å². The standard InChI is InChI=1S/C50H31NS/c1-2-12-32(13-3-1)37-27-28-45(41-19-9-8-18-40(37)41)51(36-25-29-48-44(31-36)42-20-10-11-21-47(42)52-48)46-30-35-15-5-7-17-39(35)50-43(46)26-24-34-23-22-33-14-4-6-16-38(33)49(34)50/h1-31H. The highest BCUT2D eigenvalue weighted by molar-refractivity contribution is 7.25. The van der Waals surface area contributed by atoms with Gasteiger partial charge in [-0.15, -0.1) is 11.3 Å². The second-order valence-corrected chi connectivity index (χ2v) is 14.7. The van der Waals surface area contributed by atoms with E-state index in [4.69, 9.17) is 0 Å². The number of fused-ring (bicyclic) bond motifs is 11. The van der Waals surface area contributed by atoms with Gasteiger partial charge in [0.1, 0.15) is 0 Å². The van der Waals surface area contributed by atoms with Gasteiger partial charge in [-0.3, -0.25) is 0 Å². The minimum atomic E-state index is 1.14. The largest absolute Gasteiger partial charge is 0.309 e. The minimum absolute atomic E-state index is 1.14. The van der Waals surface area contributed by atoms with Gasteiger partial charge in [0.25, 0.3) is 0 Å². The molecule has 0 N–H and O–H groups in total. The van der Waals surface area contributed by atoms with Crippen molar-refractivity contribution in [2.45, 2.75) is 0 Å². The smallest absolute Gasteiger partial charge is 0.0546 e. The second kappa shape index (κ2) is 11.5. The topological polar surface area (TPSA) is 3.24 Å². The van der Waals surface area contributed by atoms with Crippen LogP contribution in [0.1, 0.15) is 0 Å². The number of nitrogens with zero attached hydrogens (tertiary/aromatic N) is 1. The van der Waals surface area contributed by atoms with Crippen molar-refractivity contribution in [3.63, 3.8) is 0 Å². The molecular weight excluding hydrogens is 647 g/mol. The zero-order valence-electron chi connectivity index (χ0n) is 28.3. The SMILES string of the molecule is c1ccc(-c2ccc(N(c3ccc4sc5ccccc5c4c3)c3cc4ccccc4c4c3ccc3ccc5ccccc5c34)c3ccccc23)cc1. The third-order valence-electron chi connectivity index (χ3n) is 10.8. The number of hydrogen-bond donors (Lipinski definition) is 0. The van der Waals surface area contributed by atoms with Crippen molar-refractivity contribution in [3.05, 3.63) is 188 Å². The molecule has 0 unspecified atom stereocenters. The van der Waals surface area contributed by atoms with Crippen molar-refractivity contribution in [3.8, 4) is 11.1 Å². The Hall–Kier alpha value is -6.48. The molecule has 2 heteroatoms. The molecule has 11 aromatic rings. The van der Waals surface area contributed by atoms with Crippen LogP contribution in [0.15, 0.2) is 188 Å². The van der Waals surface area contributed by atoms with Gasteiger partial charge in [0.2, 0.25) is 0 Å². The van der Waals surface area contributed by atoms with Crippen LogP contribution >= 0.6 is 11.3 Å². The van der Waals surface area contributed by atoms with Gasteiger partial charge in [0.05, 0.1) is 11.4 Å². The van der Waals surface area contributed by atoms with Crippen LogP contribution in [0.5, 0.6) is 0 Å². The van der Waals surface area contributed by atoms with Gasteiger partial charge in [0, 0.05) is 42.0 Å². The Kier molecular flexibility index (Phi) is 6.49. The Morgan fingerprint density at radius 1 is 0.327 bits per heavy atom. The summed E-state index contributed by atoms with van der Waals surface area (Å²) >= 11 is 1.86. The van der Waals surface area contributed by atoms with E-state index in [0.29, 0.717) is 0 Å². The molecule has 0 aliphatic rings. The first-order valence-electron chi connectivity index (χ1n) is 17.8. The monoisotopic (exact) mass is 677 g/mol. The van der Waals surface area contributed by atoms with Crippen LogP contribution in [0.3, 0.4) is 0 Å². The van der Waals surface area contributed by atoms with Gasteiger partial charge in [0.15, 0.2) is 0 Å². The van der Waals surface area contributed by atoms with Crippen molar-refractivity contribution >= 4 is 102 Å². The first-order chi connectivity index (χ1) is 25.8. The van der Waals surface area contributed by atoms with E-state index in [2.05, 4.69) is 193 Å². The van der Waals surface area contributed by atoms with Gasteiger partial charge in [-0.1, -0.05) is 152 Å². The molecule has 0 amide bonds. The fraction of sp³-hybridized carbons (Fsp3) is 0. The van der Waals surface area contributed by atoms with Crippen molar-refractivity contribution in [1.82, 2.24) is 0 Å². The molecule has 10 aromatic carbocycles. The molecule has 0 saturated heterocycles. The summed E-state index contributed by atoms with van der Waals surface area (Å²) in [6, 6.07) is 69.4. The average molecular weight is 678 g/mol. The summed E-state index contributed by atoms with van der Waals surface area (Å²) in [6.45, 7) is 0. The van der Waals surface area contributed by atoms with E-state index in [0.717, 1.165) is 11.4 Å². The molecule has 0 radical (unpaired) electrons. The lowest BCUT2D eigenvalue weighted by Crippen LogP contribution is -2.11. The Morgan fingerprint density at radius 2 is 0.962 bits per heavy atom. The summed E-state index contributed by atoms with van der Waals surface area (Å²) in [4.78, 5) is 2.52. The number of thiophene rings is 1. The highest BCUT2D eigenvalue weighted by Crippen LogP contribution is 2.49. The van der Waals surface area contributed by atoms with Crippen LogP contribution in [0.4, 0.5) is 17.1 Å². The van der Waals surface area contributed by atoms with Gasteiger partial charge in [-0.2, -0.15) is 0 Å². The molecule has 52 heavy (non-hydrogen) atoms. The predicted molar refractivity (Wildman–Crippen MR) is 227 cm³/mol. The quantitative estimate of drug-likeness (QED) is 0.168. The number of rotatable bonds is 4. The van der Waals surface area contributed by atoms with Crippen LogP contribution in [-0.4, -0.2) is 0 Å². The van der Waals surface area contributed by atoms with E-state index in [1.165, 1.54) is 90.8 Å². The van der Waals surface area contributed by atoms with Crippen molar-refractivity contribution in [1.29, 1.82) is 0 Å². The Labute approximate surface area is 305 Å². The van der Waals surface area contributed by atoms with E-state index in [1.54, 1.807) is 0 Å². The first kappa shape index (κ1) is 29.3. The average Bonchev–Trinajstić information content (AvgIpc) is 3.59. The molecule has 0 aliphatic heterocycles. The van der Waals surface area contributed by atoms with E-state index in [-0.39, 0.29) is 0 Å². The third-order valence-corrected chi connectivity index (χ3v) is 11.9. The number of anilines is 3. The van der Waals surface area contributed by atoms with Crippen LogP contribution in [-0.2, 0) is 0 Å². The highest BCUT2D eigenvalue weighted by Gasteiger charge is 2.22. The second-order valence-electron chi connectivity index (χ2n) is 13.6.